The predicted octanol–water partition coefficient (Wildman–Crippen LogP) is 3.78. The first-order valence-corrected chi connectivity index (χ1v) is 7.03. The van der Waals surface area contributed by atoms with Gasteiger partial charge in [-0.1, -0.05) is 17.7 Å². The molecule has 0 saturated heterocycles. The molecule has 0 aliphatic rings. The van der Waals surface area contributed by atoms with E-state index in [4.69, 9.17) is 17.3 Å². The first kappa shape index (κ1) is 12.9. The second kappa shape index (κ2) is 5.11. The number of halogens is 1. The van der Waals surface area contributed by atoms with E-state index >= 15 is 0 Å². The average Bonchev–Trinajstić information content (AvgIpc) is 2.77. The van der Waals surface area contributed by atoms with Gasteiger partial charge in [-0.2, -0.15) is 0 Å². The summed E-state index contributed by atoms with van der Waals surface area (Å²) < 4.78 is 0.890. The van der Waals surface area contributed by atoms with Crippen molar-refractivity contribution in [3.8, 4) is 0 Å². The number of amides is 1. The van der Waals surface area contributed by atoms with Gasteiger partial charge >= 0.3 is 0 Å². The third-order valence-electron chi connectivity index (χ3n) is 2.82. The minimum Gasteiger partial charge on any atom is -0.397 e. The van der Waals surface area contributed by atoms with Crippen molar-refractivity contribution < 1.29 is 4.79 Å². The lowest BCUT2D eigenvalue weighted by Gasteiger charge is -2.04. The maximum Gasteiger partial charge on any atom is 0.267 e. The van der Waals surface area contributed by atoms with E-state index in [1.54, 1.807) is 42.7 Å². The number of fused-ring (bicyclic) bond motifs is 1. The van der Waals surface area contributed by atoms with Crippen LogP contribution in [-0.4, -0.2) is 10.9 Å². The van der Waals surface area contributed by atoms with E-state index in [0.29, 0.717) is 21.3 Å². The number of anilines is 2. The van der Waals surface area contributed by atoms with E-state index in [2.05, 4.69) is 10.3 Å². The normalized spacial score (nSPS) is 10.7. The number of nitrogens with two attached hydrogens (primary N) is 1. The molecule has 0 radical (unpaired) electrons. The van der Waals surface area contributed by atoms with Crippen LogP contribution in [0.5, 0.6) is 0 Å². The molecule has 0 aliphatic carbocycles. The Hall–Kier alpha value is -2.11. The molecule has 0 spiro atoms. The Bertz CT molecular complexity index is 800. The molecule has 3 aromatic rings. The van der Waals surface area contributed by atoms with Crippen molar-refractivity contribution >= 4 is 50.3 Å². The highest BCUT2D eigenvalue weighted by atomic mass is 35.5. The molecule has 2 aromatic heterocycles. The largest absolute Gasteiger partial charge is 0.397 e. The number of benzene rings is 1. The summed E-state index contributed by atoms with van der Waals surface area (Å²) in [7, 11) is 0. The number of hydrogen-bond donors (Lipinski definition) is 2. The van der Waals surface area contributed by atoms with Gasteiger partial charge in [0.05, 0.1) is 10.4 Å². The van der Waals surface area contributed by atoms with E-state index in [-0.39, 0.29) is 5.91 Å². The highest BCUT2D eigenvalue weighted by Crippen LogP contribution is 2.33. The van der Waals surface area contributed by atoms with E-state index in [1.165, 1.54) is 11.3 Å². The van der Waals surface area contributed by atoms with Crippen LogP contribution >= 0.6 is 22.9 Å². The average molecular weight is 304 g/mol. The van der Waals surface area contributed by atoms with Crippen LogP contribution < -0.4 is 11.1 Å². The molecule has 100 valence electrons. The zero-order valence-corrected chi connectivity index (χ0v) is 11.8. The monoisotopic (exact) mass is 303 g/mol. The van der Waals surface area contributed by atoms with Gasteiger partial charge in [0.15, 0.2) is 0 Å². The number of aromatic nitrogens is 1. The summed E-state index contributed by atoms with van der Waals surface area (Å²) in [5, 5.41) is 4.20. The molecule has 2 heterocycles. The summed E-state index contributed by atoms with van der Waals surface area (Å²) in [5.41, 5.74) is 7.13. The molecule has 4 nitrogen and oxygen atoms in total. The number of hydrogen-bond acceptors (Lipinski definition) is 4. The lowest BCUT2D eigenvalue weighted by molar-refractivity contribution is 0.103. The van der Waals surface area contributed by atoms with Gasteiger partial charge in [0.1, 0.15) is 4.88 Å². The Morgan fingerprint density at radius 2 is 2.20 bits per heavy atom. The van der Waals surface area contributed by atoms with Gasteiger partial charge in [-0.05, 0) is 24.3 Å². The van der Waals surface area contributed by atoms with Gasteiger partial charge < -0.3 is 11.1 Å². The molecule has 0 aliphatic heterocycles. The molecule has 0 atom stereocenters. The second-order valence-electron chi connectivity index (χ2n) is 4.18. The van der Waals surface area contributed by atoms with E-state index in [9.17, 15) is 4.79 Å². The quantitative estimate of drug-likeness (QED) is 0.757. The summed E-state index contributed by atoms with van der Waals surface area (Å²) in [5.74, 6) is -0.244. The minimum absolute atomic E-state index is 0.244. The Balaban J connectivity index is 1.95. The minimum atomic E-state index is -0.244. The number of nitrogen functional groups attached to an aromatic ring is 1. The molecule has 3 rings (SSSR count). The summed E-state index contributed by atoms with van der Waals surface area (Å²) in [6.07, 6.45) is 3.36. The van der Waals surface area contributed by atoms with Crippen LogP contribution in [0.15, 0.2) is 42.7 Å². The van der Waals surface area contributed by atoms with Gasteiger partial charge in [0, 0.05) is 28.5 Å². The summed E-state index contributed by atoms with van der Waals surface area (Å²) >= 11 is 7.21. The van der Waals surface area contributed by atoms with Crippen LogP contribution in [-0.2, 0) is 0 Å². The number of carbonyl (C=O) groups is 1. The van der Waals surface area contributed by atoms with Crippen molar-refractivity contribution in [2.45, 2.75) is 0 Å². The fourth-order valence-electron chi connectivity index (χ4n) is 1.89. The topological polar surface area (TPSA) is 68.0 Å². The zero-order chi connectivity index (χ0) is 14.1. The van der Waals surface area contributed by atoms with Crippen LogP contribution in [0.25, 0.3) is 10.1 Å². The summed E-state index contributed by atoms with van der Waals surface area (Å²) in [6.45, 7) is 0. The molecule has 0 fully saturated rings. The van der Waals surface area contributed by atoms with Crippen LogP contribution in [0, 0.1) is 0 Å². The highest BCUT2D eigenvalue weighted by Gasteiger charge is 2.16. The second-order valence-corrected chi connectivity index (χ2v) is 5.67. The number of carbonyl (C=O) groups excluding carboxylic acids is 1. The van der Waals surface area contributed by atoms with Crippen LogP contribution in [0.3, 0.4) is 0 Å². The number of nitrogens with zero attached hydrogens (tertiary/aromatic N) is 1. The Morgan fingerprint density at radius 1 is 1.35 bits per heavy atom. The van der Waals surface area contributed by atoms with Crippen molar-refractivity contribution in [2.24, 2.45) is 0 Å². The van der Waals surface area contributed by atoms with Crippen molar-refractivity contribution in [3.63, 3.8) is 0 Å². The molecule has 1 amide bonds. The van der Waals surface area contributed by atoms with Gasteiger partial charge in [0.2, 0.25) is 0 Å². The van der Waals surface area contributed by atoms with Crippen LogP contribution in [0.1, 0.15) is 9.67 Å². The van der Waals surface area contributed by atoms with E-state index < -0.39 is 0 Å². The Labute approximate surface area is 124 Å². The van der Waals surface area contributed by atoms with Gasteiger partial charge in [-0.15, -0.1) is 11.3 Å². The lowest BCUT2D eigenvalue weighted by Crippen LogP contribution is -2.11. The zero-order valence-electron chi connectivity index (χ0n) is 10.3. The van der Waals surface area contributed by atoms with Crippen molar-refractivity contribution in [1.82, 2.24) is 4.98 Å². The van der Waals surface area contributed by atoms with Crippen molar-refractivity contribution in [1.29, 1.82) is 0 Å². The molecule has 1 aromatic carbocycles. The third-order valence-corrected chi connectivity index (χ3v) is 4.21. The maximum absolute atomic E-state index is 12.3. The fraction of sp³-hybridized carbons (Fsp3) is 0. The number of thiophene rings is 1. The molecule has 20 heavy (non-hydrogen) atoms. The molecular weight excluding hydrogens is 294 g/mol. The molecule has 0 unspecified atom stereocenters. The first-order chi connectivity index (χ1) is 9.65. The SMILES string of the molecule is Nc1c(C(=O)Nc2cccc(Cl)c2)sc2cnccc12. The smallest absolute Gasteiger partial charge is 0.267 e. The summed E-state index contributed by atoms with van der Waals surface area (Å²) in [6, 6.07) is 8.78. The van der Waals surface area contributed by atoms with E-state index in [0.717, 1.165) is 10.1 Å². The summed E-state index contributed by atoms with van der Waals surface area (Å²) in [4.78, 5) is 16.8. The van der Waals surface area contributed by atoms with E-state index in [1.807, 2.05) is 0 Å². The number of pyridine rings is 1. The van der Waals surface area contributed by atoms with Gasteiger partial charge in [-0.3, -0.25) is 9.78 Å². The van der Waals surface area contributed by atoms with Gasteiger partial charge in [-0.25, -0.2) is 0 Å². The highest BCUT2D eigenvalue weighted by molar-refractivity contribution is 7.21. The first-order valence-electron chi connectivity index (χ1n) is 5.84. The van der Waals surface area contributed by atoms with Crippen molar-refractivity contribution in [2.75, 3.05) is 11.1 Å². The fourth-order valence-corrected chi connectivity index (χ4v) is 3.07. The molecule has 6 heteroatoms. The molecule has 3 N–H and O–H groups in total. The standard InChI is InChI=1S/C14H10ClN3OS/c15-8-2-1-3-9(6-8)18-14(19)13-12(16)10-4-5-17-7-11(10)20-13/h1-7H,16H2,(H,18,19). The van der Waals surface area contributed by atoms with Gasteiger partial charge in [0.25, 0.3) is 5.91 Å². The molecule has 0 saturated carbocycles. The van der Waals surface area contributed by atoms with Crippen LogP contribution in [0.4, 0.5) is 11.4 Å². The predicted molar refractivity (Wildman–Crippen MR) is 83.4 cm³/mol. The van der Waals surface area contributed by atoms with Crippen LogP contribution in [0.2, 0.25) is 5.02 Å². The maximum atomic E-state index is 12.3. The number of nitrogens with one attached hydrogen (secondary N) is 1. The molecular formula is C14H10ClN3OS. The van der Waals surface area contributed by atoms with Crippen molar-refractivity contribution in [3.05, 3.63) is 52.6 Å². The number of rotatable bonds is 2. The third kappa shape index (κ3) is 2.33. The molecule has 0 bridgehead atoms. The lowest BCUT2D eigenvalue weighted by atomic mass is 10.2. The Kier molecular flexibility index (Phi) is 3.30. The Morgan fingerprint density at radius 3 is 2.95 bits per heavy atom.